The molecule has 4 nitrogen and oxygen atoms in total. The van der Waals surface area contributed by atoms with Crippen LogP contribution in [0.2, 0.25) is 10.0 Å². The lowest BCUT2D eigenvalue weighted by molar-refractivity contribution is 0.0519. The van der Waals surface area contributed by atoms with Gasteiger partial charge < -0.3 is 15.5 Å². The molecule has 1 aromatic carbocycles. The SMILES string of the molecule is CCOC(=O)c1[nH]c2cc(Cl)cc(Cl)c2c1CN. The lowest BCUT2D eigenvalue weighted by atomic mass is 10.1. The van der Waals surface area contributed by atoms with Crippen LogP contribution in [0, 0.1) is 0 Å². The average Bonchev–Trinajstić information content (AvgIpc) is 2.67. The third kappa shape index (κ3) is 2.19. The van der Waals surface area contributed by atoms with Gasteiger partial charge in [0.05, 0.1) is 11.6 Å². The van der Waals surface area contributed by atoms with Crippen LogP contribution in [0.3, 0.4) is 0 Å². The zero-order valence-corrected chi connectivity index (χ0v) is 11.2. The van der Waals surface area contributed by atoms with Crippen LogP contribution in [-0.4, -0.2) is 17.6 Å². The molecule has 0 radical (unpaired) electrons. The van der Waals surface area contributed by atoms with E-state index in [4.69, 9.17) is 33.7 Å². The minimum absolute atomic E-state index is 0.190. The molecule has 0 unspecified atom stereocenters. The molecule has 6 heteroatoms. The first-order chi connectivity index (χ1) is 8.58. The number of carbonyl (C=O) groups excluding carboxylic acids is 1. The average molecular weight is 287 g/mol. The van der Waals surface area contributed by atoms with Gasteiger partial charge in [0.15, 0.2) is 0 Å². The van der Waals surface area contributed by atoms with E-state index in [9.17, 15) is 4.79 Å². The van der Waals surface area contributed by atoms with Gasteiger partial charge in [-0.1, -0.05) is 23.2 Å². The number of nitrogens with two attached hydrogens (primary N) is 1. The van der Waals surface area contributed by atoms with Crippen LogP contribution in [0.25, 0.3) is 10.9 Å². The number of ether oxygens (including phenoxy) is 1. The van der Waals surface area contributed by atoms with E-state index in [0.717, 1.165) is 0 Å². The van der Waals surface area contributed by atoms with Gasteiger partial charge in [0.2, 0.25) is 0 Å². The number of nitrogens with one attached hydrogen (secondary N) is 1. The van der Waals surface area contributed by atoms with Gasteiger partial charge in [0, 0.05) is 28.0 Å². The molecule has 96 valence electrons. The predicted molar refractivity (Wildman–Crippen MR) is 72.2 cm³/mol. The van der Waals surface area contributed by atoms with E-state index in [-0.39, 0.29) is 6.54 Å². The number of aromatic amines is 1. The summed E-state index contributed by atoms with van der Waals surface area (Å²) in [6, 6.07) is 3.32. The lowest BCUT2D eigenvalue weighted by Crippen LogP contribution is -2.10. The number of rotatable bonds is 3. The first-order valence-corrected chi connectivity index (χ1v) is 6.20. The third-order valence-electron chi connectivity index (χ3n) is 2.60. The van der Waals surface area contributed by atoms with Crippen LogP contribution in [0.4, 0.5) is 0 Å². The summed E-state index contributed by atoms with van der Waals surface area (Å²) in [6.07, 6.45) is 0. The molecule has 0 amide bonds. The number of H-pyrrole nitrogens is 1. The van der Waals surface area contributed by atoms with E-state index in [1.807, 2.05) is 0 Å². The summed E-state index contributed by atoms with van der Waals surface area (Å²) in [5.74, 6) is -0.443. The third-order valence-corrected chi connectivity index (χ3v) is 3.12. The smallest absolute Gasteiger partial charge is 0.355 e. The lowest BCUT2D eigenvalue weighted by Gasteiger charge is -2.02. The molecular formula is C12H12Cl2N2O2. The number of benzene rings is 1. The van der Waals surface area contributed by atoms with Crippen molar-refractivity contribution in [3.05, 3.63) is 33.4 Å². The highest BCUT2D eigenvalue weighted by Crippen LogP contribution is 2.32. The van der Waals surface area contributed by atoms with Gasteiger partial charge in [-0.25, -0.2) is 4.79 Å². The van der Waals surface area contributed by atoms with Crippen LogP contribution in [-0.2, 0) is 11.3 Å². The molecule has 0 saturated carbocycles. The number of hydrogen-bond donors (Lipinski definition) is 2. The van der Waals surface area contributed by atoms with E-state index >= 15 is 0 Å². The van der Waals surface area contributed by atoms with Gasteiger partial charge in [-0.05, 0) is 19.1 Å². The van der Waals surface area contributed by atoms with Crippen molar-refractivity contribution >= 4 is 40.1 Å². The second kappa shape index (κ2) is 5.18. The fraction of sp³-hybridized carbons (Fsp3) is 0.250. The molecule has 0 aliphatic carbocycles. The Kier molecular flexibility index (Phi) is 3.80. The Bertz CT molecular complexity index is 608. The topological polar surface area (TPSA) is 68.1 Å². The fourth-order valence-corrected chi connectivity index (χ4v) is 2.50. The van der Waals surface area contributed by atoms with E-state index in [1.165, 1.54) is 0 Å². The van der Waals surface area contributed by atoms with Crippen molar-refractivity contribution in [2.45, 2.75) is 13.5 Å². The number of carbonyl (C=O) groups is 1. The number of hydrogen-bond acceptors (Lipinski definition) is 3. The fourth-order valence-electron chi connectivity index (χ4n) is 1.90. The summed E-state index contributed by atoms with van der Waals surface area (Å²) in [7, 11) is 0. The van der Waals surface area contributed by atoms with Gasteiger partial charge in [0.1, 0.15) is 5.69 Å². The Morgan fingerprint density at radius 3 is 2.78 bits per heavy atom. The van der Waals surface area contributed by atoms with Crippen molar-refractivity contribution in [1.82, 2.24) is 4.98 Å². The molecule has 18 heavy (non-hydrogen) atoms. The first-order valence-electron chi connectivity index (χ1n) is 5.45. The molecule has 0 spiro atoms. The molecule has 0 aliphatic rings. The quantitative estimate of drug-likeness (QED) is 0.852. The Morgan fingerprint density at radius 2 is 2.17 bits per heavy atom. The molecule has 2 rings (SSSR count). The van der Waals surface area contributed by atoms with Crippen LogP contribution in [0.1, 0.15) is 23.0 Å². The summed E-state index contributed by atoms with van der Waals surface area (Å²) in [4.78, 5) is 14.8. The van der Waals surface area contributed by atoms with Crippen molar-refractivity contribution in [3.63, 3.8) is 0 Å². The highest BCUT2D eigenvalue weighted by atomic mass is 35.5. The van der Waals surface area contributed by atoms with E-state index < -0.39 is 5.97 Å². The predicted octanol–water partition coefficient (Wildman–Crippen LogP) is 3.11. The molecule has 0 bridgehead atoms. The number of halogens is 2. The second-order valence-electron chi connectivity index (χ2n) is 3.71. The molecule has 1 heterocycles. The summed E-state index contributed by atoms with van der Waals surface area (Å²) in [5.41, 5.74) is 7.34. The maximum atomic E-state index is 11.8. The summed E-state index contributed by atoms with van der Waals surface area (Å²) < 4.78 is 4.97. The summed E-state index contributed by atoms with van der Waals surface area (Å²) >= 11 is 12.0. The molecule has 2 aromatic rings. The van der Waals surface area contributed by atoms with Crippen molar-refractivity contribution in [2.24, 2.45) is 5.73 Å². The standard InChI is InChI=1S/C12H12Cl2N2O2/c1-2-18-12(17)11-7(5-15)10-8(14)3-6(13)4-9(10)16-11/h3-4,16H,2,5,15H2,1H3. The maximum Gasteiger partial charge on any atom is 0.355 e. The van der Waals surface area contributed by atoms with Gasteiger partial charge in [-0.3, -0.25) is 0 Å². The monoisotopic (exact) mass is 286 g/mol. The highest BCUT2D eigenvalue weighted by molar-refractivity contribution is 6.39. The zero-order valence-electron chi connectivity index (χ0n) is 9.72. The molecule has 1 aromatic heterocycles. The molecular weight excluding hydrogens is 275 g/mol. The summed E-state index contributed by atoms with van der Waals surface area (Å²) in [5, 5.41) is 1.67. The number of aromatic nitrogens is 1. The van der Waals surface area contributed by atoms with Crippen molar-refractivity contribution in [1.29, 1.82) is 0 Å². The second-order valence-corrected chi connectivity index (χ2v) is 4.56. The van der Waals surface area contributed by atoms with Gasteiger partial charge in [-0.15, -0.1) is 0 Å². The summed E-state index contributed by atoms with van der Waals surface area (Å²) in [6.45, 7) is 2.23. The van der Waals surface area contributed by atoms with Crippen molar-refractivity contribution < 1.29 is 9.53 Å². The number of esters is 1. The van der Waals surface area contributed by atoms with Crippen molar-refractivity contribution in [2.75, 3.05) is 6.61 Å². The zero-order chi connectivity index (χ0) is 13.3. The van der Waals surface area contributed by atoms with Crippen molar-refractivity contribution in [3.8, 4) is 0 Å². The van der Waals surface area contributed by atoms with Crippen LogP contribution in [0.15, 0.2) is 12.1 Å². The molecule has 3 N–H and O–H groups in total. The van der Waals surface area contributed by atoms with Gasteiger partial charge >= 0.3 is 5.97 Å². The minimum Gasteiger partial charge on any atom is -0.461 e. The molecule has 0 saturated heterocycles. The van der Waals surface area contributed by atoms with Crippen LogP contribution in [0.5, 0.6) is 0 Å². The Hall–Kier alpha value is -1.23. The molecule has 0 atom stereocenters. The van der Waals surface area contributed by atoms with Crippen LogP contribution < -0.4 is 5.73 Å². The first kappa shape index (κ1) is 13.2. The Balaban J connectivity index is 2.68. The number of fused-ring (bicyclic) bond motifs is 1. The normalized spacial score (nSPS) is 10.9. The maximum absolute atomic E-state index is 11.8. The Morgan fingerprint density at radius 1 is 1.44 bits per heavy atom. The highest BCUT2D eigenvalue weighted by Gasteiger charge is 2.19. The minimum atomic E-state index is -0.443. The largest absolute Gasteiger partial charge is 0.461 e. The van der Waals surface area contributed by atoms with Gasteiger partial charge in [-0.2, -0.15) is 0 Å². The van der Waals surface area contributed by atoms with E-state index in [1.54, 1.807) is 19.1 Å². The van der Waals surface area contributed by atoms with E-state index in [2.05, 4.69) is 4.98 Å². The van der Waals surface area contributed by atoms with E-state index in [0.29, 0.717) is 38.8 Å². The molecule has 0 aliphatic heterocycles. The van der Waals surface area contributed by atoms with Gasteiger partial charge in [0.25, 0.3) is 0 Å². The van der Waals surface area contributed by atoms with Crippen LogP contribution >= 0.6 is 23.2 Å². The molecule has 0 fully saturated rings. The Labute approximate surface area is 114 Å².